The fraction of sp³-hybridized carbons (Fsp3) is 0.143. The highest BCUT2D eigenvalue weighted by molar-refractivity contribution is 6.04. The van der Waals surface area contributed by atoms with Gasteiger partial charge in [0.15, 0.2) is 0 Å². The van der Waals surface area contributed by atoms with Gasteiger partial charge in [0.05, 0.1) is 6.61 Å². The van der Waals surface area contributed by atoms with Gasteiger partial charge in [-0.15, -0.1) is 0 Å². The average molecular weight is 332 g/mol. The quantitative estimate of drug-likeness (QED) is 0.736. The van der Waals surface area contributed by atoms with Gasteiger partial charge in [-0.05, 0) is 67.4 Å². The summed E-state index contributed by atoms with van der Waals surface area (Å²) >= 11 is 0. The number of ether oxygens (including phenoxy) is 1. The third-order valence-electron chi connectivity index (χ3n) is 3.78. The van der Waals surface area contributed by atoms with Crippen molar-refractivity contribution in [3.8, 4) is 16.9 Å². The molecule has 0 bridgehead atoms. The molecule has 0 saturated heterocycles. The molecule has 0 spiro atoms. The Bertz CT molecular complexity index is 873. The van der Waals surface area contributed by atoms with E-state index in [2.05, 4.69) is 10.3 Å². The van der Waals surface area contributed by atoms with E-state index in [1.807, 2.05) is 62.4 Å². The van der Waals surface area contributed by atoms with Crippen LogP contribution in [0.5, 0.6) is 5.75 Å². The van der Waals surface area contributed by atoms with Crippen LogP contribution in [0.15, 0.2) is 66.9 Å². The summed E-state index contributed by atoms with van der Waals surface area (Å²) in [5, 5.41) is 2.91. The Morgan fingerprint density at radius 2 is 1.84 bits per heavy atom. The second kappa shape index (κ2) is 7.62. The molecule has 0 aliphatic carbocycles. The Kier molecular flexibility index (Phi) is 5.09. The molecule has 3 aromatic rings. The molecule has 25 heavy (non-hydrogen) atoms. The summed E-state index contributed by atoms with van der Waals surface area (Å²) in [5.74, 6) is 0.535. The fourth-order valence-electron chi connectivity index (χ4n) is 2.57. The highest BCUT2D eigenvalue weighted by Crippen LogP contribution is 2.22. The number of aromatic nitrogens is 1. The molecular formula is C21H20N2O2. The maximum absolute atomic E-state index is 12.4. The first kappa shape index (κ1) is 16.7. The lowest BCUT2D eigenvalue weighted by Gasteiger charge is -2.09. The summed E-state index contributed by atoms with van der Waals surface area (Å²) < 4.78 is 5.44. The van der Waals surface area contributed by atoms with Crippen LogP contribution in [0.25, 0.3) is 11.1 Å². The van der Waals surface area contributed by atoms with Crippen molar-refractivity contribution in [2.45, 2.75) is 13.8 Å². The number of anilines is 1. The largest absolute Gasteiger partial charge is 0.494 e. The molecule has 0 aliphatic heterocycles. The standard InChI is InChI=1S/C21H20N2O2/c1-3-25-20-6-4-5-18(14-20)21(24)23-19-9-7-16(8-10-19)17-11-12-22-15(2)13-17/h4-14H,3H2,1-2H3,(H,23,24). The molecule has 0 fully saturated rings. The van der Waals surface area contributed by atoms with Crippen molar-refractivity contribution >= 4 is 11.6 Å². The first-order chi connectivity index (χ1) is 12.2. The molecule has 0 unspecified atom stereocenters. The van der Waals surface area contributed by atoms with Gasteiger partial charge < -0.3 is 10.1 Å². The maximum atomic E-state index is 12.4. The molecule has 2 aromatic carbocycles. The van der Waals surface area contributed by atoms with Crippen LogP contribution in [0.1, 0.15) is 23.0 Å². The van der Waals surface area contributed by atoms with Gasteiger partial charge in [0.1, 0.15) is 5.75 Å². The number of amides is 1. The van der Waals surface area contributed by atoms with Crippen LogP contribution in [-0.4, -0.2) is 17.5 Å². The van der Waals surface area contributed by atoms with Crippen LogP contribution in [0.4, 0.5) is 5.69 Å². The number of hydrogen-bond acceptors (Lipinski definition) is 3. The van der Waals surface area contributed by atoms with Crippen molar-refractivity contribution < 1.29 is 9.53 Å². The summed E-state index contributed by atoms with van der Waals surface area (Å²) in [6.07, 6.45) is 1.80. The van der Waals surface area contributed by atoms with Gasteiger partial charge in [0, 0.05) is 23.1 Å². The van der Waals surface area contributed by atoms with Crippen molar-refractivity contribution in [1.82, 2.24) is 4.98 Å². The molecular weight excluding hydrogens is 312 g/mol. The zero-order valence-corrected chi connectivity index (χ0v) is 14.3. The number of aryl methyl sites for hydroxylation is 1. The molecule has 0 aliphatic rings. The first-order valence-electron chi connectivity index (χ1n) is 8.23. The van der Waals surface area contributed by atoms with Crippen LogP contribution in [-0.2, 0) is 0 Å². The monoisotopic (exact) mass is 332 g/mol. The predicted molar refractivity (Wildman–Crippen MR) is 100.0 cm³/mol. The van der Waals surface area contributed by atoms with E-state index in [0.29, 0.717) is 17.9 Å². The number of nitrogens with zero attached hydrogens (tertiary/aromatic N) is 1. The maximum Gasteiger partial charge on any atom is 0.255 e. The minimum atomic E-state index is -0.158. The van der Waals surface area contributed by atoms with E-state index in [9.17, 15) is 4.79 Å². The summed E-state index contributed by atoms with van der Waals surface area (Å²) in [6, 6.07) is 18.9. The molecule has 4 nitrogen and oxygen atoms in total. The van der Waals surface area contributed by atoms with E-state index in [1.54, 1.807) is 18.3 Å². The van der Waals surface area contributed by atoms with Gasteiger partial charge in [0.25, 0.3) is 5.91 Å². The van der Waals surface area contributed by atoms with Crippen molar-refractivity contribution in [2.24, 2.45) is 0 Å². The van der Waals surface area contributed by atoms with Gasteiger partial charge >= 0.3 is 0 Å². The van der Waals surface area contributed by atoms with Crippen molar-refractivity contribution in [3.63, 3.8) is 0 Å². The van der Waals surface area contributed by atoms with Crippen molar-refractivity contribution in [3.05, 3.63) is 78.1 Å². The van der Waals surface area contributed by atoms with Gasteiger partial charge in [-0.3, -0.25) is 9.78 Å². The van der Waals surface area contributed by atoms with E-state index >= 15 is 0 Å². The number of hydrogen-bond donors (Lipinski definition) is 1. The van der Waals surface area contributed by atoms with Crippen molar-refractivity contribution in [1.29, 1.82) is 0 Å². The van der Waals surface area contributed by atoms with Crippen LogP contribution in [0.3, 0.4) is 0 Å². The number of rotatable bonds is 5. The van der Waals surface area contributed by atoms with Crippen LogP contribution < -0.4 is 10.1 Å². The Morgan fingerprint density at radius 1 is 1.04 bits per heavy atom. The lowest BCUT2D eigenvalue weighted by molar-refractivity contribution is 0.102. The first-order valence-corrected chi connectivity index (χ1v) is 8.23. The van der Waals surface area contributed by atoms with E-state index < -0.39 is 0 Å². The summed E-state index contributed by atoms with van der Waals surface area (Å²) in [6.45, 7) is 4.45. The topological polar surface area (TPSA) is 51.2 Å². The second-order valence-corrected chi connectivity index (χ2v) is 5.68. The Hall–Kier alpha value is -3.14. The second-order valence-electron chi connectivity index (χ2n) is 5.68. The number of pyridine rings is 1. The predicted octanol–water partition coefficient (Wildman–Crippen LogP) is 4.71. The van der Waals surface area contributed by atoms with Crippen LogP contribution in [0, 0.1) is 6.92 Å². The third-order valence-corrected chi connectivity index (χ3v) is 3.78. The summed E-state index contributed by atoms with van der Waals surface area (Å²) in [5.41, 5.74) is 4.49. The molecule has 126 valence electrons. The van der Waals surface area contributed by atoms with Gasteiger partial charge in [-0.2, -0.15) is 0 Å². The SMILES string of the molecule is CCOc1cccc(C(=O)Nc2ccc(-c3ccnc(C)c3)cc2)c1. The lowest BCUT2D eigenvalue weighted by Crippen LogP contribution is -2.11. The molecule has 1 N–H and O–H groups in total. The number of carbonyl (C=O) groups is 1. The van der Waals surface area contributed by atoms with E-state index in [1.165, 1.54) is 0 Å². The van der Waals surface area contributed by atoms with E-state index in [-0.39, 0.29) is 5.91 Å². The summed E-state index contributed by atoms with van der Waals surface area (Å²) in [7, 11) is 0. The molecule has 0 saturated carbocycles. The Balaban J connectivity index is 1.73. The van der Waals surface area contributed by atoms with E-state index in [0.717, 1.165) is 22.5 Å². The highest BCUT2D eigenvalue weighted by atomic mass is 16.5. The van der Waals surface area contributed by atoms with E-state index in [4.69, 9.17) is 4.74 Å². The van der Waals surface area contributed by atoms with Gasteiger partial charge in [-0.25, -0.2) is 0 Å². The minimum Gasteiger partial charge on any atom is -0.494 e. The van der Waals surface area contributed by atoms with Crippen molar-refractivity contribution in [2.75, 3.05) is 11.9 Å². The third kappa shape index (κ3) is 4.23. The fourth-order valence-corrected chi connectivity index (χ4v) is 2.57. The number of benzene rings is 2. The summed E-state index contributed by atoms with van der Waals surface area (Å²) in [4.78, 5) is 16.6. The zero-order valence-electron chi connectivity index (χ0n) is 14.3. The minimum absolute atomic E-state index is 0.158. The Labute approximate surface area is 147 Å². The molecule has 3 rings (SSSR count). The van der Waals surface area contributed by atoms with Gasteiger partial charge in [-0.1, -0.05) is 18.2 Å². The van der Waals surface area contributed by atoms with Gasteiger partial charge in [0.2, 0.25) is 0 Å². The molecule has 1 aromatic heterocycles. The lowest BCUT2D eigenvalue weighted by atomic mass is 10.1. The molecule has 0 atom stereocenters. The average Bonchev–Trinajstić information content (AvgIpc) is 2.63. The molecule has 0 radical (unpaired) electrons. The smallest absolute Gasteiger partial charge is 0.255 e. The van der Waals surface area contributed by atoms with Crippen LogP contribution >= 0.6 is 0 Å². The van der Waals surface area contributed by atoms with Crippen LogP contribution in [0.2, 0.25) is 0 Å². The molecule has 1 heterocycles. The zero-order chi connectivity index (χ0) is 17.6. The number of nitrogens with one attached hydrogen (secondary N) is 1. The molecule has 1 amide bonds. The number of carbonyl (C=O) groups excluding carboxylic acids is 1. The normalized spacial score (nSPS) is 10.3. The highest BCUT2D eigenvalue weighted by Gasteiger charge is 2.07. The Morgan fingerprint density at radius 3 is 2.56 bits per heavy atom. The molecule has 4 heteroatoms.